The van der Waals surface area contributed by atoms with Crippen molar-refractivity contribution >= 4 is 0 Å². The van der Waals surface area contributed by atoms with Crippen molar-refractivity contribution in [1.29, 1.82) is 0 Å². The average Bonchev–Trinajstić information content (AvgIpc) is 3.39. The lowest BCUT2D eigenvalue weighted by atomic mass is 9.43. The summed E-state index contributed by atoms with van der Waals surface area (Å²) in [6.07, 6.45) is 9.31. The van der Waals surface area contributed by atoms with Crippen molar-refractivity contribution in [3.05, 3.63) is 12.2 Å². The second-order valence-corrected chi connectivity index (χ2v) is 11.1. The van der Waals surface area contributed by atoms with Gasteiger partial charge in [-0.2, -0.15) is 0 Å². The molecule has 0 radical (unpaired) electrons. The van der Waals surface area contributed by atoms with Crippen LogP contribution in [-0.2, 0) is 18.9 Å². The molecule has 3 unspecified atom stereocenters. The van der Waals surface area contributed by atoms with Crippen LogP contribution in [0.3, 0.4) is 0 Å². The Morgan fingerprint density at radius 3 is 2.25 bits per heavy atom. The molecule has 2 heterocycles. The lowest BCUT2D eigenvalue weighted by molar-refractivity contribution is -0.252. The number of ether oxygens (including phenoxy) is 4. The third-order valence-corrected chi connectivity index (χ3v) is 10.2. The third-order valence-electron chi connectivity index (χ3n) is 10.2. The topological polar surface area (TPSA) is 36.9 Å². The Balaban J connectivity index is 1.32. The van der Waals surface area contributed by atoms with Crippen molar-refractivity contribution < 1.29 is 18.9 Å². The maximum absolute atomic E-state index is 6.30. The Labute approximate surface area is 169 Å². The summed E-state index contributed by atoms with van der Waals surface area (Å²) >= 11 is 0. The quantitative estimate of drug-likeness (QED) is 0.565. The molecule has 4 heteroatoms. The second kappa shape index (κ2) is 5.84. The molecule has 2 saturated heterocycles. The van der Waals surface area contributed by atoms with Crippen molar-refractivity contribution in [1.82, 2.24) is 0 Å². The van der Waals surface area contributed by atoms with Crippen molar-refractivity contribution in [2.75, 3.05) is 26.4 Å². The Kier molecular flexibility index (Phi) is 3.83. The number of rotatable bonds is 0. The lowest BCUT2D eigenvalue weighted by Gasteiger charge is -2.62. The molecule has 0 aromatic carbocycles. The van der Waals surface area contributed by atoms with Crippen LogP contribution in [0.25, 0.3) is 0 Å². The van der Waals surface area contributed by atoms with Crippen LogP contribution >= 0.6 is 0 Å². The van der Waals surface area contributed by atoms with E-state index < -0.39 is 0 Å². The number of allylic oxidation sites excluding steroid dienone is 1. The summed E-state index contributed by atoms with van der Waals surface area (Å²) in [6.45, 7) is 12.8. The summed E-state index contributed by atoms with van der Waals surface area (Å²) in [5, 5.41) is 0. The summed E-state index contributed by atoms with van der Waals surface area (Å²) in [5.41, 5.74) is 2.03. The third kappa shape index (κ3) is 2.16. The molecular formula is C24H36O4. The predicted octanol–water partition coefficient (Wildman–Crippen LogP) is 4.68. The Bertz CT molecular complexity index is 676. The molecule has 4 aliphatic carbocycles. The van der Waals surface area contributed by atoms with Gasteiger partial charge in [0.05, 0.1) is 26.4 Å². The molecule has 4 nitrogen and oxygen atoms in total. The first-order valence-corrected chi connectivity index (χ1v) is 11.7. The van der Waals surface area contributed by atoms with Gasteiger partial charge in [0.15, 0.2) is 11.6 Å². The first-order chi connectivity index (χ1) is 13.4. The van der Waals surface area contributed by atoms with E-state index in [2.05, 4.69) is 20.4 Å². The molecule has 2 spiro atoms. The van der Waals surface area contributed by atoms with Gasteiger partial charge in [-0.3, -0.25) is 0 Å². The molecule has 6 aliphatic rings. The van der Waals surface area contributed by atoms with Gasteiger partial charge < -0.3 is 18.9 Å². The molecule has 2 aliphatic heterocycles. The maximum atomic E-state index is 6.30. The SMILES string of the molecule is C=C1C[C@H]2CC3(CC[C@]2(C)C2CC[C@@]4(C)C(CCC45OCCO5)C12)OCCO3. The minimum Gasteiger partial charge on any atom is -0.348 e. The highest BCUT2D eigenvalue weighted by atomic mass is 16.7. The van der Waals surface area contributed by atoms with E-state index in [4.69, 9.17) is 18.9 Å². The Morgan fingerprint density at radius 1 is 0.821 bits per heavy atom. The van der Waals surface area contributed by atoms with E-state index in [0.717, 1.165) is 58.0 Å². The highest BCUT2D eigenvalue weighted by Gasteiger charge is 2.68. The normalized spacial score (nSPS) is 51.3. The Hall–Kier alpha value is -0.420. The molecule has 4 saturated carbocycles. The second-order valence-electron chi connectivity index (χ2n) is 11.1. The van der Waals surface area contributed by atoms with Crippen LogP contribution in [0.5, 0.6) is 0 Å². The summed E-state index contributed by atoms with van der Waals surface area (Å²) in [5.74, 6) is 2.07. The van der Waals surface area contributed by atoms with E-state index in [0.29, 0.717) is 23.2 Å². The van der Waals surface area contributed by atoms with E-state index in [9.17, 15) is 0 Å². The summed E-state index contributed by atoms with van der Waals surface area (Å²) in [7, 11) is 0. The molecular weight excluding hydrogens is 352 g/mol. The van der Waals surface area contributed by atoms with Gasteiger partial charge in [0, 0.05) is 24.7 Å². The van der Waals surface area contributed by atoms with Gasteiger partial charge >= 0.3 is 0 Å². The summed E-state index contributed by atoms with van der Waals surface area (Å²) in [4.78, 5) is 0. The molecule has 0 bridgehead atoms. The van der Waals surface area contributed by atoms with Crippen molar-refractivity contribution in [3.63, 3.8) is 0 Å². The minimum atomic E-state index is -0.317. The van der Waals surface area contributed by atoms with Gasteiger partial charge in [-0.15, -0.1) is 0 Å². The van der Waals surface area contributed by atoms with E-state index in [1.165, 1.54) is 31.3 Å². The number of hydrogen-bond acceptors (Lipinski definition) is 4. The lowest BCUT2D eigenvalue weighted by Crippen LogP contribution is -2.58. The molecule has 0 aromatic heterocycles. The standard InChI is InChI=1S/C24H36O4/c1-16-14-17-15-23(25-10-11-26-23)9-8-21(17,2)18-4-6-22(3)19(20(16)18)5-7-24(22)27-12-13-28-24/h17-20H,1,4-15H2,2-3H3/t17-,18?,19?,20?,21-,22-/m0/s1. The fourth-order valence-corrected chi connectivity index (χ4v) is 8.72. The van der Waals surface area contributed by atoms with Crippen LogP contribution < -0.4 is 0 Å². The largest absolute Gasteiger partial charge is 0.348 e. The molecule has 28 heavy (non-hydrogen) atoms. The van der Waals surface area contributed by atoms with Crippen LogP contribution in [0.15, 0.2) is 12.2 Å². The average molecular weight is 389 g/mol. The monoisotopic (exact) mass is 388 g/mol. The molecule has 6 atom stereocenters. The zero-order chi connectivity index (χ0) is 19.2. The molecule has 6 rings (SSSR count). The van der Waals surface area contributed by atoms with Gasteiger partial charge in [-0.25, -0.2) is 0 Å². The highest BCUT2D eigenvalue weighted by molar-refractivity contribution is 5.23. The molecule has 0 amide bonds. The van der Waals surface area contributed by atoms with E-state index in [1.54, 1.807) is 0 Å². The van der Waals surface area contributed by atoms with Crippen LogP contribution in [0.4, 0.5) is 0 Å². The molecule has 0 aromatic rings. The van der Waals surface area contributed by atoms with E-state index in [1.807, 2.05) is 0 Å². The minimum absolute atomic E-state index is 0.143. The van der Waals surface area contributed by atoms with Crippen LogP contribution in [0.1, 0.15) is 65.2 Å². The first kappa shape index (κ1) is 18.4. The Morgan fingerprint density at radius 2 is 1.50 bits per heavy atom. The van der Waals surface area contributed by atoms with Crippen LogP contribution in [0, 0.1) is 34.5 Å². The maximum Gasteiger partial charge on any atom is 0.174 e. The zero-order valence-electron chi connectivity index (χ0n) is 17.6. The van der Waals surface area contributed by atoms with Gasteiger partial charge in [-0.1, -0.05) is 26.0 Å². The fraction of sp³-hybridized carbons (Fsp3) is 0.917. The van der Waals surface area contributed by atoms with E-state index >= 15 is 0 Å². The molecule has 0 N–H and O–H groups in total. The number of hydrogen-bond donors (Lipinski definition) is 0. The summed E-state index contributed by atoms with van der Waals surface area (Å²) < 4.78 is 24.8. The van der Waals surface area contributed by atoms with Crippen LogP contribution in [-0.4, -0.2) is 38.0 Å². The van der Waals surface area contributed by atoms with Crippen molar-refractivity contribution in [3.8, 4) is 0 Å². The van der Waals surface area contributed by atoms with Gasteiger partial charge in [-0.05, 0) is 61.2 Å². The first-order valence-electron chi connectivity index (χ1n) is 11.7. The predicted molar refractivity (Wildman–Crippen MR) is 106 cm³/mol. The molecule has 6 fully saturated rings. The zero-order valence-corrected chi connectivity index (χ0v) is 17.6. The van der Waals surface area contributed by atoms with Crippen molar-refractivity contribution in [2.24, 2.45) is 34.5 Å². The van der Waals surface area contributed by atoms with Gasteiger partial charge in [0.1, 0.15) is 0 Å². The van der Waals surface area contributed by atoms with Gasteiger partial charge in [0.2, 0.25) is 0 Å². The number of fused-ring (bicyclic) bond motifs is 6. The van der Waals surface area contributed by atoms with E-state index in [-0.39, 0.29) is 17.0 Å². The van der Waals surface area contributed by atoms with Crippen LogP contribution in [0.2, 0.25) is 0 Å². The summed E-state index contributed by atoms with van der Waals surface area (Å²) in [6, 6.07) is 0. The smallest absolute Gasteiger partial charge is 0.174 e. The fourth-order valence-electron chi connectivity index (χ4n) is 8.72. The van der Waals surface area contributed by atoms with Gasteiger partial charge in [0.25, 0.3) is 0 Å². The molecule has 156 valence electrons. The van der Waals surface area contributed by atoms with Crippen molar-refractivity contribution in [2.45, 2.75) is 76.8 Å². The highest BCUT2D eigenvalue weighted by Crippen LogP contribution is 2.71.